The molecule has 0 spiro atoms. The van der Waals surface area contributed by atoms with Crippen LogP contribution < -0.4 is 0 Å². The van der Waals surface area contributed by atoms with Gasteiger partial charge in [-0.1, -0.05) is 6.92 Å². The molecule has 6 nitrogen and oxygen atoms in total. The van der Waals surface area contributed by atoms with E-state index in [-0.39, 0.29) is 6.04 Å². The molecule has 4 aromatic heterocycles. The summed E-state index contributed by atoms with van der Waals surface area (Å²) >= 11 is 1.43. The van der Waals surface area contributed by atoms with Gasteiger partial charge in [-0.25, -0.2) is 19.3 Å². The molecule has 1 atom stereocenters. The van der Waals surface area contributed by atoms with Crippen molar-refractivity contribution in [2.75, 3.05) is 0 Å². The quantitative estimate of drug-likeness (QED) is 0.581. The van der Waals surface area contributed by atoms with Crippen molar-refractivity contribution < 1.29 is 0 Å². The second-order valence-electron chi connectivity index (χ2n) is 4.99. The molecule has 0 bridgehead atoms. The van der Waals surface area contributed by atoms with E-state index in [1.807, 2.05) is 46.8 Å². The number of aromatic nitrogens is 6. The SMILES string of the molecule is CCC(c1cn2cccnc2n1)n1ccnc1-c1cnsc1. The third-order valence-electron chi connectivity index (χ3n) is 3.68. The molecule has 22 heavy (non-hydrogen) atoms. The van der Waals surface area contributed by atoms with E-state index in [0.717, 1.165) is 29.3 Å². The Morgan fingerprint density at radius 3 is 2.95 bits per heavy atom. The van der Waals surface area contributed by atoms with Gasteiger partial charge in [-0.15, -0.1) is 0 Å². The lowest BCUT2D eigenvalue weighted by Crippen LogP contribution is -2.10. The molecule has 0 fully saturated rings. The Kier molecular flexibility index (Phi) is 3.19. The topological polar surface area (TPSA) is 60.9 Å². The molecule has 110 valence electrons. The van der Waals surface area contributed by atoms with Crippen molar-refractivity contribution in [3.8, 4) is 11.4 Å². The number of hydrogen-bond donors (Lipinski definition) is 0. The van der Waals surface area contributed by atoms with E-state index in [0.29, 0.717) is 0 Å². The highest BCUT2D eigenvalue weighted by Gasteiger charge is 2.19. The standard InChI is InChI=1S/C15H14N6S/c1-2-13(12-9-20-6-3-4-17-15(20)19-12)21-7-5-16-14(21)11-8-18-22-10-11/h3-10,13H,2H2,1H3. The highest BCUT2D eigenvalue weighted by molar-refractivity contribution is 7.03. The molecule has 0 saturated carbocycles. The van der Waals surface area contributed by atoms with Crippen LogP contribution in [-0.2, 0) is 0 Å². The average molecular weight is 310 g/mol. The summed E-state index contributed by atoms with van der Waals surface area (Å²) in [5.74, 6) is 1.64. The smallest absolute Gasteiger partial charge is 0.233 e. The zero-order chi connectivity index (χ0) is 14.9. The molecular formula is C15H14N6S. The molecule has 0 aliphatic carbocycles. The maximum absolute atomic E-state index is 4.65. The Bertz CT molecular complexity index is 859. The predicted octanol–water partition coefficient (Wildman–Crippen LogP) is 3.05. The van der Waals surface area contributed by atoms with E-state index in [1.165, 1.54) is 11.5 Å². The highest BCUT2D eigenvalue weighted by atomic mass is 32.1. The summed E-state index contributed by atoms with van der Waals surface area (Å²) in [7, 11) is 0. The number of nitrogens with zero attached hydrogens (tertiary/aromatic N) is 6. The Balaban J connectivity index is 1.81. The van der Waals surface area contributed by atoms with Gasteiger partial charge in [-0.05, 0) is 24.0 Å². The Labute approximate surface area is 131 Å². The second kappa shape index (κ2) is 5.34. The van der Waals surface area contributed by atoms with E-state index in [9.17, 15) is 0 Å². The van der Waals surface area contributed by atoms with Crippen molar-refractivity contribution in [1.82, 2.24) is 28.3 Å². The van der Waals surface area contributed by atoms with Crippen molar-refractivity contribution in [3.63, 3.8) is 0 Å². The normalized spacial score (nSPS) is 12.8. The zero-order valence-corrected chi connectivity index (χ0v) is 12.8. The molecule has 7 heteroatoms. The molecule has 0 saturated heterocycles. The van der Waals surface area contributed by atoms with Gasteiger partial charge in [0.15, 0.2) is 0 Å². The number of rotatable bonds is 4. The molecule has 4 aromatic rings. The molecule has 0 aliphatic rings. The van der Waals surface area contributed by atoms with Gasteiger partial charge >= 0.3 is 0 Å². The Hall–Kier alpha value is -2.54. The minimum absolute atomic E-state index is 0.124. The molecule has 4 heterocycles. The molecule has 4 rings (SSSR count). The minimum atomic E-state index is 0.124. The Morgan fingerprint density at radius 2 is 2.18 bits per heavy atom. The van der Waals surface area contributed by atoms with E-state index in [1.54, 1.807) is 6.20 Å². The van der Waals surface area contributed by atoms with Crippen molar-refractivity contribution in [3.05, 3.63) is 54.3 Å². The summed E-state index contributed by atoms with van der Waals surface area (Å²) in [5, 5.41) is 2.01. The van der Waals surface area contributed by atoms with Crippen LogP contribution in [0.15, 0.2) is 48.6 Å². The first-order chi connectivity index (χ1) is 10.9. The van der Waals surface area contributed by atoms with Crippen molar-refractivity contribution >= 4 is 17.3 Å². The summed E-state index contributed by atoms with van der Waals surface area (Å²) in [6, 6.07) is 2.03. The zero-order valence-electron chi connectivity index (χ0n) is 12.0. The lowest BCUT2D eigenvalue weighted by molar-refractivity contribution is 0.560. The van der Waals surface area contributed by atoms with Crippen LogP contribution in [0.4, 0.5) is 0 Å². The van der Waals surface area contributed by atoms with Crippen LogP contribution in [0.25, 0.3) is 17.2 Å². The van der Waals surface area contributed by atoms with Gasteiger partial charge in [-0.3, -0.25) is 4.40 Å². The summed E-state index contributed by atoms with van der Waals surface area (Å²) in [5.41, 5.74) is 2.03. The van der Waals surface area contributed by atoms with Crippen LogP contribution in [0, 0.1) is 0 Å². The summed E-state index contributed by atoms with van der Waals surface area (Å²) in [4.78, 5) is 13.4. The van der Waals surface area contributed by atoms with Crippen LogP contribution in [0.2, 0.25) is 0 Å². The molecular weight excluding hydrogens is 296 g/mol. The fourth-order valence-corrected chi connectivity index (χ4v) is 3.18. The monoisotopic (exact) mass is 310 g/mol. The molecule has 1 unspecified atom stereocenters. The number of imidazole rings is 2. The van der Waals surface area contributed by atoms with Gasteiger partial charge < -0.3 is 4.57 Å². The van der Waals surface area contributed by atoms with Crippen LogP contribution in [0.5, 0.6) is 0 Å². The lowest BCUT2D eigenvalue weighted by Gasteiger charge is -2.16. The van der Waals surface area contributed by atoms with Gasteiger partial charge in [0.2, 0.25) is 5.78 Å². The van der Waals surface area contributed by atoms with E-state index in [2.05, 4.69) is 30.8 Å². The van der Waals surface area contributed by atoms with Crippen LogP contribution in [-0.4, -0.2) is 28.3 Å². The summed E-state index contributed by atoms with van der Waals surface area (Å²) < 4.78 is 8.27. The lowest BCUT2D eigenvalue weighted by atomic mass is 10.1. The first-order valence-corrected chi connectivity index (χ1v) is 7.92. The first-order valence-electron chi connectivity index (χ1n) is 7.09. The minimum Gasteiger partial charge on any atom is -0.322 e. The second-order valence-corrected chi connectivity index (χ2v) is 5.65. The fourth-order valence-electron chi connectivity index (χ4n) is 2.66. The largest absolute Gasteiger partial charge is 0.322 e. The van der Waals surface area contributed by atoms with E-state index in [4.69, 9.17) is 0 Å². The van der Waals surface area contributed by atoms with E-state index >= 15 is 0 Å². The molecule has 0 radical (unpaired) electrons. The molecule has 0 aromatic carbocycles. The third kappa shape index (κ3) is 2.10. The van der Waals surface area contributed by atoms with E-state index < -0.39 is 0 Å². The fraction of sp³-hybridized carbons (Fsp3) is 0.200. The van der Waals surface area contributed by atoms with Crippen molar-refractivity contribution in [2.45, 2.75) is 19.4 Å². The molecule has 0 aliphatic heterocycles. The summed E-state index contributed by atoms with van der Waals surface area (Å²) in [6.45, 7) is 2.15. The van der Waals surface area contributed by atoms with Crippen molar-refractivity contribution in [2.24, 2.45) is 0 Å². The highest BCUT2D eigenvalue weighted by Crippen LogP contribution is 2.27. The van der Waals surface area contributed by atoms with Gasteiger partial charge in [0, 0.05) is 41.9 Å². The number of fused-ring (bicyclic) bond motifs is 1. The van der Waals surface area contributed by atoms with Gasteiger partial charge in [0.1, 0.15) is 5.82 Å². The van der Waals surface area contributed by atoms with Gasteiger partial charge in [0.25, 0.3) is 0 Å². The van der Waals surface area contributed by atoms with Crippen LogP contribution in [0.1, 0.15) is 25.1 Å². The Morgan fingerprint density at radius 1 is 1.23 bits per heavy atom. The first kappa shape index (κ1) is 13.1. The van der Waals surface area contributed by atoms with Gasteiger partial charge in [-0.2, -0.15) is 0 Å². The maximum atomic E-state index is 4.65. The third-order valence-corrected chi connectivity index (χ3v) is 4.26. The van der Waals surface area contributed by atoms with Crippen molar-refractivity contribution in [1.29, 1.82) is 0 Å². The number of hydrogen-bond acceptors (Lipinski definition) is 5. The van der Waals surface area contributed by atoms with Crippen LogP contribution in [0.3, 0.4) is 0 Å². The van der Waals surface area contributed by atoms with Gasteiger partial charge in [0.05, 0.1) is 17.9 Å². The molecule has 0 amide bonds. The van der Waals surface area contributed by atoms with Crippen LogP contribution >= 0.6 is 11.5 Å². The molecule has 0 N–H and O–H groups in total. The maximum Gasteiger partial charge on any atom is 0.233 e. The summed E-state index contributed by atoms with van der Waals surface area (Å²) in [6.07, 6.45) is 12.3. The average Bonchev–Trinajstić information content (AvgIpc) is 3.28. The predicted molar refractivity (Wildman–Crippen MR) is 84.8 cm³/mol.